The van der Waals surface area contributed by atoms with E-state index in [1.807, 2.05) is 58.0 Å². The zero-order chi connectivity index (χ0) is 22.4. The number of carbonyl (C=O) groups is 2. The normalized spacial score (nSPS) is 10.5. The van der Waals surface area contributed by atoms with E-state index in [2.05, 4.69) is 15.6 Å². The van der Waals surface area contributed by atoms with Gasteiger partial charge in [0.05, 0.1) is 0 Å². The van der Waals surface area contributed by atoms with Gasteiger partial charge in [0.15, 0.2) is 0 Å². The molecule has 0 spiro atoms. The Morgan fingerprint density at radius 2 is 1.68 bits per heavy atom. The lowest BCUT2D eigenvalue weighted by Gasteiger charge is -2.15. The van der Waals surface area contributed by atoms with Gasteiger partial charge in [-0.15, -0.1) is 0 Å². The molecule has 0 aliphatic carbocycles. The van der Waals surface area contributed by atoms with Crippen LogP contribution in [0.2, 0.25) is 0 Å². The molecule has 0 unspecified atom stereocenters. The Morgan fingerprint density at radius 3 is 2.32 bits per heavy atom. The van der Waals surface area contributed by atoms with E-state index in [0.29, 0.717) is 30.0 Å². The summed E-state index contributed by atoms with van der Waals surface area (Å²) < 4.78 is 5.97. The molecule has 0 saturated heterocycles. The number of anilines is 1. The summed E-state index contributed by atoms with van der Waals surface area (Å²) in [4.78, 5) is 29.1. The standard InChI is InChI=1S/C25H27N3O3/c1-5-27-24(29)20-9-8-16(2)22(13-20)28-25(30)21-11-17(3)23(18(4)12-21)31-15-19-7-6-10-26-14-19/h6-14H,5,15H2,1-4H3,(H,27,29)(H,28,30). The van der Waals surface area contributed by atoms with Crippen molar-refractivity contribution in [2.45, 2.75) is 34.3 Å². The fourth-order valence-corrected chi connectivity index (χ4v) is 3.30. The van der Waals surface area contributed by atoms with Gasteiger partial charge in [0.1, 0.15) is 12.4 Å². The Labute approximate surface area is 182 Å². The van der Waals surface area contributed by atoms with Crippen molar-refractivity contribution < 1.29 is 14.3 Å². The number of carbonyl (C=O) groups excluding carboxylic acids is 2. The lowest BCUT2D eigenvalue weighted by atomic mass is 10.0. The average Bonchev–Trinajstić information content (AvgIpc) is 2.75. The molecule has 31 heavy (non-hydrogen) atoms. The molecule has 0 bridgehead atoms. The van der Waals surface area contributed by atoms with Crippen LogP contribution < -0.4 is 15.4 Å². The Hall–Kier alpha value is -3.67. The van der Waals surface area contributed by atoms with E-state index in [4.69, 9.17) is 4.74 Å². The largest absolute Gasteiger partial charge is 0.488 e. The zero-order valence-corrected chi connectivity index (χ0v) is 18.3. The van der Waals surface area contributed by atoms with Crippen LogP contribution in [-0.2, 0) is 6.61 Å². The molecule has 0 saturated carbocycles. The highest BCUT2D eigenvalue weighted by molar-refractivity contribution is 6.06. The van der Waals surface area contributed by atoms with Crippen LogP contribution in [0.3, 0.4) is 0 Å². The van der Waals surface area contributed by atoms with E-state index in [0.717, 1.165) is 28.0 Å². The molecule has 0 aliphatic rings. The number of hydrogen-bond acceptors (Lipinski definition) is 4. The van der Waals surface area contributed by atoms with Crippen molar-refractivity contribution in [3.05, 3.63) is 88.2 Å². The molecule has 6 heteroatoms. The number of rotatable bonds is 7. The summed E-state index contributed by atoms with van der Waals surface area (Å²) in [5.74, 6) is 0.357. The number of aryl methyl sites for hydroxylation is 3. The predicted molar refractivity (Wildman–Crippen MR) is 122 cm³/mol. The van der Waals surface area contributed by atoms with Crippen LogP contribution in [0.15, 0.2) is 54.9 Å². The molecule has 0 atom stereocenters. The second kappa shape index (κ2) is 9.89. The second-order valence-corrected chi connectivity index (χ2v) is 7.43. The van der Waals surface area contributed by atoms with Gasteiger partial charge in [-0.3, -0.25) is 14.6 Å². The summed E-state index contributed by atoms with van der Waals surface area (Å²) in [6.07, 6.45) is 3.49. The van der Waals surface area contributed by atoms with Gasteiger partial charge in [0.25, 0.3) is 11.8 Å². The van der Waals surface area contributed by atoms with Crippen molar-refractivity contribution in [1.29, 1.82) is 0 Å². The fraction of sp³-hybridized carbons (Fsp3) is 0.240. The van der Waals surface area contributed by atoms with Crippen LogP contribution in [0, 0.1) is 20.8 Å². The first-order chi connectivity index (χ1) is 14.9. The molecule has 0 radical (unpaired) electrons. The van der Waals surface area contributed by atoms with E-state index in [1.54, 1.807) is 24.5 Å². The summed E-state index contributed by atoms with van der Waals surface area (Å²) in [5, 5.41) is 5.70. The number of ether oxygens (including phenoxy) is 1. The highest BCUT2D eigenvalue weighted by Crippen LogP contribution is 2.27. The number of pyridine rings is 1. The molecular weight excluding hydrogens is 390 g/mol. The molecule has 2 aromatic carbocycles. The quantitative estimate of drug-likeness (QED) is 0.589. The lowest BCUT2D eigenvalue weighted by Crippen LogP contribution is -2.23. The average molecular weight is 418 g/mol. The van der Waals surface area contributed by atoms with Crippen molar-refractivity contribution in [2.24, 2.45) is 0 Å². The van der Waals surface area contributed by atoms with Crippen LogP contribution in [0.4, 0.5) is 5.69 Å². The van der Waals surface area contributed by atoms with E-state index in [-0.39, 0.29) is 11.8 Å². The molecule has 1 heterocycles. The summed E-state index contributed by atoms with van der Waals surface area (Å²) >= 11 is 0. The molecule has 0 fully saturated rings. The van der Waals surface area contributed by atoms with Crippen molar-refractivity contribution in [3.63, 3.8) is 0 Å². The van der Waals surface area contributed by atoms with Gasteiger partial charge >= 0.3 is 0 Å². The predicted octanol–water partition coefficient (Wildman–Crippen LogP) is 4.59. The van der Waals surface area contributed by atoms with Crippen LogP contribution in [0.5, 0.6) is 5.75 Å². The first kappa shape index (κ1) is 22.0. The number of aromatic nitrogens is 1. The minimum atomic E-state index is -0.235. The smallest absolute Gasteiger partial charge is 0.255 e. The van der Waals surface area contributed by atoms with Gasteiger partial charge in [-0.1, -0.05) is 12.1 Å². The third-order valence-corrected chi connectivity index (χ3v) is 4.91. The van der Waals surface area contributed by atoms with Gasteiger partial charge in [-0.05, 0) is 74.7 Å². The molecule has 6 nitrogen and oxygen atoms in total. The number of nitrogens with zero attached hydrogens (tertiary/aromatic N) is 1. The Morgan fingerprint density at radius 1 is 0.935 bits per heavy atom. The van der Waals surface area contributed by atoms with E-state index < -0.39 is 0 Å². The molecule has 3 aromatic rings. The number of hydrogen-bond donors (Lipinski definition) is 2. The monoisotopic (exact) mass is 417 g/mol. The molecule has 160 valence electrons. The SMILES string of the molecule is CCNC(=O)c1ccc(C)c(NC(=O)c2cc(C)c(OCc3cccnc3)c(C)c2)c1. The molecule has 2 N–H and O–H groups in total. The minimum absolute atomic E-state index is 0.167. The maximum absolute atomic E-state index is 12.9. The lowest BCUT2D eigenvalue weighted by molar-refractivity contribution is 0.0954. The Kier molecular flexibility index (Phi) is 7.03. The van der Waals surface area contributed by atoms with Crippen molar-refractivity contribution in [3.8, 4) is 5.75 Å². The zero-order valence-electron chi connectivity index (χ0n) is 18.3. The van der Waals surface area contributed by atoms with Gasteiger partial charge in [-0.2, -0.15) is 0 Å². The van der Waals surface area contributed by atoms with E-state index >= 15 is 0 Å². The molecule has 0 aliphatic heterocycles. The van der Waals surface area contributed by atoms with Gasteiger partial charge < -0.3 is 15.4 Å². The highest BCUT2D eigenvalue weighted by atomic mass is 16.5. The minimum Gasteiger partial charge on any atom is -0.488 e. The maximum atomic E-state index is 12.9. The topological polar surface area (TPSA) is 80.3 Å². The summed E-state index contributed by atoms with van der Waals surface area (Å²) in [7, 11) is 0. The number of nitrogens with one attached hydrogen (secondary N) is 2. The Balaban J connectivity index is 1.76. The maximum Gasteiger partial charge on any atom is 0.255 e. The van der Waals surface area contributed by atoms with E-state index in [1.165, 1.54) is 0 Å². The summed E-state index contributed by atoms with van der Waals surface area (Å²) in [6, 6.07) is 12.7. The molecule has 3 rings (SSSR count). The van der Waals surface area contributed by atoms with Crippen LogP contribution in [0.1, 0.15) is 49.9 Å². The molecular formula is C25H27N3O3. The molecule has 2 amide bonds. The van der Waals surface area contributed by atoms with Crippen LogP contribution >= 0.6 is 0 Å². The first-order valence-electron chi connectivity index (χ1n) is 10.2. The fourth-order valence-electron chi connectivity index (χ4n) is 3.30. The van der Waals surface area contributed by atoms with Crippen LogP contribution in [0.25, 0.3) is 0 Å². The Bertz CT molecular complexity index is 1070. The van der Waals surface area contributed by atoms with Crippen molar-refractivity contribution in [2.75, 3.05) is 11.9 Å². The number of benzene rings is 2. The number of amides is 2. The highest BCUT2D eigenvalue weighted by Gasteiger charge is 2.14. The van der Waals surface area contributed by atoms with Gasteiger partial charge in [0, 0.05) is 41.3 Å². The third kappa shape index (κ3) is 5.48. The first-order valence-corrected chi connectivity index (χ1v) is 10.2. The van der Waals surface area contributed by atoms with E-state index in [9.17, 15) is 9.59 Å². The van der Waals surface area contributed by atoms with Crippen LogP contribution in [-0.4, -0.2) is 23.3 Å². The summed E-state index contributed by atoms with van der Waals surface area (Å²) in [5.41, 5.74) is 5.27. The second-order valence-electron chi connectivity index (χ2n) is 7.43. The summed E-state index contributed by atoms with van der Waals surface area (Å²) in [6.45, 7) is 8.55. The van der Waals surface area contributed by atoms with Crippen molar-refractivity contribution >= 4 is 17.5 Å². The molecule has 1 aromatic heterocycles. The third-order valence-electron chi connectivity index (χ3n) is 4.91. The van der Waals surface area contributed by atoms with Gasteiger partial charge in [0.2, 0.25) is 0 Å². The van der Waals surface area contributed by atoms with Gasteiger partial charge in [-0.25, -0.2) is 0 Å². The van der Waals surface area contributed by atoms with Crippen molar-refractivity contribution in [1.82, 2.24) is 10.3 Å².